The molecule has 0 radical (unpaired) electrons. The summed E-state index contributed by atoms with van der Waals surface area (Å²) in [5.41, 5.74) is 1.06. The molecule has 3 nitrogen and oxygen atoms in total. The summed E-state index contributed by atoms with van der Waals surface area (Å²) in [7, 11) is -3.22. The van der Waals surface area contributed by atoms with Gasteiger partial charge in [-0.25, -0.2) is 8.42 Å². The summed E-state index contributed by atoms with van der Waals surface area (Å²) in [6, 6.07) is 9.75. The molecule has 0 N–H and O–H groups in total. The van der Waals surface area contributed by atoms with Crippen LogP contribution in [0.3, 0.4) is 0 Å². The Bertz CT molecular complexity index is 503. The van der Waals surface area contributed by atoms with E-state index in [1.165, 1.54) is 0 Å². The number of hydrogen-bond donors (Lipinski definition) is 0. The van der Waals surface area contributed by atoms with Crippen molar-refractivity contribution < 1.29 is 8.42 Å². The minimum Gasteiger partial charge on any atom is -0.212 e. The summed E-state index contributed by atoms with van der Waals surface area (Å²) in [6.07, 6.45) is 1.79. The average Bonchev–Trinajstić information content (AvgIpc) is 2.88. The minimum atomic E-state index is -3.22. The lowest BCUT2D eigenvalue weighted by Crippen LogP contribution is -2.39. The van der Waals surface area contributed by atoms with Gasteiger partial charge in [0.15, 0.2) is 0 Å². The largest absolute Gasteiger partial charge is 0.214 e. The van der Waals surface area contributed by atoms with Gasteiger partial charge in [-0.3, -0.25) is 0 Å². The smallest absolute Gasteiger partial charge is 0.212 e. The molecule has 0 amide bonds. The van der Waals surface area contributed by atoms with Crippen LogP contribution in [0.25, 0.3) is 0 Å². The Hall–Kier alpha value is -0.580. The number of rotatable bonds is 5. The van der Waals surface area contributed by atoms with E-state index >= 15 is 0 Å². The van der Waals surface area contributed by atoms with Crippen LogP contribution in [0.15, 0.2) is 30.3 Å². The molecule has 0 aliphatic carbocycles. The van der Waals surface area contributed by atoms with E-state index in [9.17, 15) is 8.42 Å². The molecule has 5 heteroatoms. The molecule has 1 fully saturated rings. The zero-order valence-corrected chi connectivity index (χ0v) is 12.7. The van der Waals surface area contributed by atoms with E-state index in [0.717, 1.165) is 18.4 Å². The summed E-state index contributed by atoms with van der Waals surface area (Å²) in [5, 5.41) is 0. The fourth-order valence-corrected chi connectivity index (χ4v) is 5.08. The Morgan fingerprint density at radius 3 is 2.68 bits per heavy atom. The van der Waals surface area contributed by atoms with Crippen molar-refractivity contribution in [3.05, 3.63) is 35.9 Å². The topological polar surface area (TPSA) is 37.4 Å². The third-order valence-electron chi connectivity index (χ3n) is 3.69. The molecule has 0 spiro atoms. The van der Waals surface area contributed by atoms with E-state index in [0.29, 0.717) is 12.4 Å². The Morgan fingerprint density at radius 2 is 2.05 bits per heavy atom. The van der Waals surface area contributed by atoms with Gasteiger partial charge in [0.05, 0.1) is 5.75 Å². The predicted molar refractivity (Wildman–Crippen MR) is 79.1 cm³/mol. The summed E-state index contributed by atoms with van der Waals surface area (Å²) in [5.74, 6) is 0.548. The van der Waals surface area contributed by atoms with Gasteiger partial charge in [-0.15, -0.1) is 11.6 Å². The summed E-state index contributed by atoms with van der Waals surface area (Å²) >= 11 is 5.86. The second-order valence-corrected chi connectivity index (χ2v) is 7.43. The highest BCUT2D eigenvalue weighted by molar-refractivity contribution is 7.89. The quantitative estimate of drug-likeness (QED) is 0.784. The molecule has 0 saturated carbocycles. The highest BCUT2D eigenvalue weighted by atomic mass is 35.5. The lowest BCUT2D eigenvalue weighted by Gasteiger charge is -2.24. The Balaban J connectivity index is 2.09. The van der Waals surface area contributed by atoms with Crippen molar-refractivity contribution >= 4 is 21.6 Å². The van der Waals surface area contributed by atoms with E-state index < -0.39 is 10.0 Å². The van der Waals surface area contributed by atoms with Crippen LogP contribution in [-0.2, 0) is 10.0 Å². The van der Waals surface area contributed by atoms with Gasteiger partial charge in [0.25, 0.3) is 0 Å². The van der Waals surface area contributed by atoms with E-state index in [1.807, 2.05) is 37.3 Å². The molecule has 2 atom stereocenters. The normalized spacial score (nSPS) is 22.5. The van der Waals surface area contributed by atoms with Crippen molar-refractivity contribution in [3.8, 4) is 0 Å². The van der Waals surface area contributed by atoms with Crippen molar-refractivity contribution in [3.63, 3.8) is 0 Å². The first kappa shape index (κ1) is 14.8. The molecule has 1 aromatic rings. The van der Waals surface area contributed by atoms with E-state index in [4.69, 9.17) is 11.6 Å². The standard InChI is InChI=1S/C14H20ClNO2S/c1-12(13-6-3-2-4-7-13)11-19(17,18)16-9-5-8-14(16)10-15/h2-4,6-7,12,14H,5,8-11H2,1H3. The van der Waals surface area contributed by atoms with Crippen molar-refractivity contribution in [2.45, 2.75) is 31.7 Å². The maximum Gasteiger partial charge on any atom is 0.214 e. The molecule has 1 heterocycles. The van der Waals surface area contributed by atoms with Gasteiger partial charge < -0.3 is 0 Å². The average molecular weight is 302 g/mol. The predicted octanol–water partition coefficient (Wildman–Crippen LogP) is 2.82. The highest BCUT2D eigenvalue weighted by Crippen LogP contribution is 2.25. The lowest BCUT2D eigenvalue weighted by molar-refractivity contribution is 0.409. The monoisotopic (exact) mass is 301 g/mol. The van der Waals surface area contributed by atoms with E-state index in [1.54, 1.807) is 4.31 Å². The molecular weight excluding hydrogens is 282 g/mol. The fraction of sp³-hybridized carbons (Fsp3) is 0.571. The maximum absolute atomic E-state index is 12.5. The number of hydrogen-bond acceptors (Lipinski definition) is 2. The molecular formula is C14H20ClNO2S. The molecule has 106 valence electrons. The van der Waals surface area contributed by atoms with Gasteiger partial charge in [-0.1, -0.05) is 37.3 Å². The van der Waals surface area contributed by atoms with Gasteiger partial charge in [0.1, 0.15) is 0 Å². The third-order valence-corrected chi connectivity index (χ3v) is 6.16. The maximum atomic E-state index is 12.5. The molecule has 1 aliphatic heterocycles. The van der Waals surface area contributed by atoms with Crippen LogP contribution in [0.4, 0.5) is 0 Å². The van der Waals surface area contributed by atoms with Gasteiger partial charge >= 0.3 is 0 Å². The van der Waals surface area contributed by atoms with Crippen molar-refractivity contribution in [1.29, 1.82) is 0 Å². The third kappa shape index (κ3) is 3.50. The van der Waals surface area contributed by atoms with E-state index in [-0.39, 0.29) is 17.7 Å². The molecule has 19 heavy (non-hydrogen) atoms. The minimum absolute atomic E-state index is 0.00257. The van der Waals surface area contributed by atoms with Crippen LogP contribution in [0.2, 0.25) is 0 Å². The number of nitrogens with zero attached hydrogens (tertiary/aromatic N) is 1. The first-order chi connectivity index (χ1) is 9.04. The van der Waals surface area contributed by atoms with Crippen LogP contribution in [0.1, 0.15) is 31.2 Å². The van der Waals surface area contributed by atoms with Crippen molar-refractivity contribution in [1.82, 2.24) is 4.31 Å². The van der Waals surface area contributed by atoms with Gasteiger partial charge in [-0.2, -0.15) is 4.31 Å². The van der Waals surface area contributed by atoms with Crippen LogP contribution >= 0.6 is 11.6 Å². The Morgan fingerprint density at radius 1 is 1.37 bits per heavy atom. The first-order valence-electron chi connectivity index (χ1n) is 6.65. The molecule has 2 unspecified atom stereocenters. The number of sulfonamides is 1. The zero-order valence-electron chi connectivity index (χ0n) is 11.1. The molecule has 1 saturated heterocycles. The zero-order chi connectivity index (χ0) is 13.9. The van der Waals surface area contributed by atoms with E-state index in [2.05, 4.69) is 0 Å². The Kier molecular flexibility index (Phi) is 4.87. The van der Waals surface area contributed by atoms with Gasteiger partial charge in [0.2, 0.25) is 10.0 Å². The number of alkyl halides is 1. The highest BCUT2D eigenvalue weighted by Gasteiger charge is 2.34. The van der Waals surface area contributed by atoms with Gasteiger partial charge in [-0.05, 0) is 24.3 Å². The van der Waals surface area contributed by atoms with Crippen molar-refractivity contribution in [2.75, 3.05) is 18.2 Å². The Labute approximate surface area is 120 Å². The molecule has 1 aromatic carbocycles. The van der Waals surface area contributed by atoms with Crippen LogP contribution in [0, 0.1) is 0 Å². The molecule has 2 rings (SSSR count). The first-order valence-corrected chi connectivity index (χ1v) is 8.79. The van der Waals surface area contributed by atoms with Crippen molar-refractivity contribution in [2.24, 2.45) is 0 Å². The summed E-state index contributed by atoms with van der Waals surface area (Å²) < 4.78 is 26.5. The second kappa shape index (κ2) is 6.25. The van der Waals surface area contributed by atoms with Crippen LogP contribution < -0.4 is 0 Å². The lowest BCUT2D eigenvalue weighted by atomic mass is 10.0. The SMILES string of the molecule is CC(CS(=O)(=O)N1CCCC1CCl)c1ccccc1. The number of halogens is 1. The summed E-state index contributed by atoms with van der Waals surface area (Å²) in [6.45, 7) is 2.57. The summed E-state index contributed by atoms with van der Waals surface area (Å²) in [4.78, 5) is 0. The molecule has 1 aliphatic rings. The molecule has 0 bridgehead atoms. The second-order valence-electron chi connectivity index (χ2n) is 5.15. The van der Waals surface area contributed by atoms with Crippen LogP contribution in [0.5, 0.6) is 0 Å². The fourth-order valence-electron chi connectivity index (χ4n) is 2.62. The van der Waals surface area contributed by atoms with Gasteiger partial charge in [0, 0.05) is 18.5 Å². The number of benzene rings is 1. The van der Waals surface area contributed by atoms with Crippen LogP contribution in [-0.4, -0.2) is 36.9 Å². The molecule has 0 aromatic heterocycles.